The Labute approximate surface area is 140 Å². The molecular weight excluding hydrogens is 306 g/mol. The Morgan fingerprint density at radius 2 is 2.00 bits per heavy atom. The molecule has 0 unspecified atom stereocenters. The van der Waals surface area contributed by atoms with Gasteiger partial charge in [0.2, 0.25) is 0 Å². The first-order valence-electron chi connectivity index (χ1n) is 8.54. The van der Waals surface area contributed by atoms with Crippen LogP contribution in [0.15, 0.2) is 23.0 Å². The first-order chi connectivity index (χ1) is 11.7. The number of hydrogen-bond acceptors (Lipinski definition) is 6. The zero-order chi connectivity index (χ0) is 16.5. The van der Waals surface area contributed by atoms with Crippen molar-refractivity contribution in [1.82, 2.24) is 15.1 Å². The summed E-state index contributed by atoms with van der Waals surface area (Å²) >= 11 is 0. The number of nitrogens with zero attached hydrogens (tertiary/aromatic N) is 4. The van der Waals surface area contributed by atoms with E-state index >= 15 is 0 Å². The molecule has 0 atom stereocenters. The molecule has 24 heavy (non-hydrogen) atoms. The van der Waals surface area contributed by atoms with Crippen LogP contribution < -0.4 is 10.2 Å². The molecule has 7 heteroatoms. The highest BCUT2D eigenvalue weighted by atomic mass is 16.5. The molecule has 3 heterocycles. The van der Waals surface area contributed by atoms with Crippen molar-refractivity contribution >= 4 is 17.5 Å². The fourth-order valence-corrected chi connectivity index (χ4v) is 2.96. The lowest BCUT2D eigenvalue weighted by molar-refractivity contribution is 0.101. The van der Waals surface area contributed by atoms with Crippen LogP contribution in [0, 0.1) is 5.92 Å². The maximum absolute atomic E-state index is 12.3. The highest BCUT2D eigenvalue weighted by Gasteiger charge is 2.29. The van der Waals surface area contributed by atoms with Gasteiger partial charge in [0.25, 0.3) is 5.91 Å². The molecule has 1 amide bonds. The summed E-state index contributed by atoms with van der Waals surface area (Å²) in [5, 5.41) is 6.63. The van der Waals surface area contributed by atoms with E-state index in [1.165, 1.54) is 6.33 Å². The van der Waals surface area contributed by atoms with E-state index in [1.54, 1.807) is 6.07 Å². The summed E-state index contributed by atoms with van der Waals surface area (Å²) in [7, 11) is 0. The van der Waals surface area contributed by atoms with Crippen LogP contribution in [0.5, 0.6) is 0 Å². The van der Waals surface area contributed by atoms with Crippen molar-refractivity contribution in [1.29, 1.82) is 0 Å². The van der Waals surface area contributed by atoms with Gasteiger partial charge < -0.3 is 14.7 Å². The number of carbonyl (C=O) groups is 1. The van der Waals surface area contributed by atoms with Crippen LogP contribution in [0.3, 0.4) is 0 Å². The standard InChI is InChI=1S/C17H21N5O2/c1-11-4-6-22(7-5-11)16-9-15(18-10-19-16)20-17(23)13-8-14(24-21-13)12-2-3-12/h8-12H,2-7H2,1H3,(H,18,19,20,23). The lowest BCUT2D eigenvalue weighted by atomic mass is 9.99. The van der Waals surface area contributed by atoms with E-state index in [9.17, 15) is 4.79 Å². The number of piperidine rings is 1. The Kier molecular flexibility index (Phi) is 3.92. The number of nitrogens with one attached hydrogen (secondary N) is 1. The van der Waals surface area contributed by atoms with Gasteiger partial charge in [0.1, 0.15) is 23.7 Å². The summed E-state index contributed by atoms with van der Waals surface area (Å²) in [6, 6.07) is 3.54. The Morgan fingerprint density at radius 1 is 1.21 bits per heavy atom. The minimum absolute atomic E-state index is 0.295. The highest BCUT2D eigenvalue weighted by Crippen LogP contribution is 2.40. The van der Waals surface area contributed by atoms with Crippen molar-refractivity contribution < 1.29 is 9.32 Å². The third-order valence-electron chi connectivity index (χ3n) is 4.74. The van der Waals surface area contributed by atoms with Gasteiger partial charge in [-0.15, -0.1) is 0 Å². The molecule has 0 bridgehead atoms. The minimum atomic E-state index is -0.303. The Morgan fingerprint density at radius 3 is 2.75 bits per heavy atom. The SMILES string of the molecule is CC1CCN(c2cc(NC(=O)c3cc(C4CC4)on3)ncn2)CC1. The van der Waals surface area contributed by atoms with Crippen molar-refractivity contribution in [3.8, 4) is 0 Å². The molecule has 1 saturated heterocycles. The van der Waals surface area contributed by atoms with Crippen molar-refractivity contribution in [3.05, 3.63) is 29.9 Å². The summed E-state index contributed by atoms with van der Waals surface area (Å²) in [6.07, 6.45) is 6.03. The molecule has 1 N–H and O–H groups in total. The zero-order valence-electron chi connectivity index (χ0n) is 13.7. The van der Waals surface area contributed by atoms with E-state index in [-0.39, 0.29) is 5.91 Å². The maximum Gasteiger partial charge on any atom is 0.279 e. The van der Waals surface area contributed by atoms with Crippen molar-refractivity contribution in [2.45, 2.75) is 38.5 Å². The quantitative estimate of drug-likeness (QED) is 0.929. The monoisotopic (exact) mass is 327 g/mol. The largest absolute Gasteiger partial charge is 0.360 e. The molecular formula is C17H21N5O2. The molecule has 1 aliphatic heterocycles. The van der Waals surface area contributed by atoms with Crippen LogP contribution in [0.1, 0.15) is 54.8 Å². The lowest BCUT2D eigenvalue weighted by Crippen LogP contribution is -2.33. The van der Waals surface area contributed by atoms with Crippen LogP contribution in [0.2, 0.25) is 0 Å². The van der Waals surface area contributed by atoms with Gasteiger partial charge >= 0.3 is 0 Å². The van der Waals surface area contributed by atoms with Crippen LogP contribution in [-0.2, 0) is 0 Å². The molecule has 2 aromatic heterocycles. The Balaban J connectivity index is 1.43. The van der Waals surface area contributed by atoms with Crippen molar-refractivity contribution in [2.75, 3.05) is 23.3 Å². The molecule has 0 radical (unpaired) electrons. The van der Waals surface area contributed by atoms with E-state index in [4.69, 9.17) is 4.52 Å². The Hall–Kier alpha value is -2.44. The van der Waals surface area contributed by atoms with Gasteiger partial charge in [0.05, 0.1) is 0 Å². The zero-order valence-corrected chi connectivity index (χ0v) is 13.7. The Bertz CT molecular complexity index is 732. The third kappa shape index (κ3) is 3.25. The maximum atomic E-state index is 12.3. The molecule has 4 rings (SSSR count). The molecule has 1 saturated carbocycles. The van der Waals surface area contributed by atoms with Gasteiger partial charge in [-0.1, -0.05) is 12.1 Å². The predicted molar refractivity (Wildman–Crippen MR) is 89.1 cm³/mol. The topological polar surface area (TPSA) is 84.2 Å². The predicted octanol–water partition coefficient (Wildman–Crippen LogP) is 2.83. The molecule has 2 fully saturated rings. The van der Waals surface area contributed by atoms with Gasteiger partial charge in [-0.05, 0) is 31.6 Å². The number of aromatic nitrogens is 3. The van der Waals surface area contributed by atoms with E-state index in [2.05, 4.69) is 32.3 Å². The second kappa shape index (κ2) is 6.22. The fourth-order valence-electron chi connectivity index (χ4n) is 2.96. The summed E-state index contributed by atoms with van der Waals surface area (Å²) in [5.74, 6) is 3.03. The number of carbonyl (C=O) groups excluding carboxylic acids is 1. The van der Waals surface area contributed by atoms with E-state index in [0.717, 1.165) is 56.3 Å². The van der Waals surface area contributed by atoms with E-state index in [1.807, 2.05) is 6.07 Å². The smallest absolute Gasteiger partial charge is 0.279 e. The summed E-state index contributed by atoms with van der Waals surface area (Å²) < 4.78 is 5.22. The second-order valence-corrected chi connectivity index (χ2v) is 6.77. The highest BCUT2D eigenvalue weighted by molar-refractivity contribution is 6.02. The molecule has 126 valence electrons. The molecule has 1 aliphatic carbocycles. The second-order valence-electron chi connectivity index (χ2n) is 6.77. The normalized spacial score (nSPS) is 18.6. The summed E-state index contributed by atoms with van der Waals surface area (Å²) in [4.78, 5) is 23.0. The number of amides is 1. The number of hydrogen-bond donors (Lipinski definition) is 1. The van der Waals surface area contributed by atoms with Crippen molar-refractivity contribution in [3.63, 3.8) is 0 Å². The first kappa shape index (κ1) is 15.1. The average Bonchev–Trinajstić information content (AvgIpc) is 3.32. The van der Waals surface area contributed by atoms with E-state index < -0.39 is 0 Å². The fraction of sp³-hybridized carbons (Fsp3) is 0.529. The number of anilines is 2. The molecule has 7 nitrogen and oxygen atoms in total. The minimum Gasteiger partial charge on any atom is -0.360 e. The number of rotatable bonds is 4. The van der Waals surface area contributed by atoms with Crippen LogP contribution in [-0.4, -0.2) is 34.1 Å². The average molecular weight is 327 g/mol. The van der Waals surface area contributed by atoms with Gasteiger partial charge in [0.15, 0.2) is 5.69 Å². The van der Waals surface area contributed by atoms with Crippen molar-refractivity contribution in [2.24, 2.45) is 5.92 Å². The van der Waals surface area contributed by atoms with Gasteiger partial charge in [-0.25, -0.2) is 9.97 Å². The van der Waals surface area contributed by atoms with Crippen LogP contribution >= 0.6 is 0 Å². The third-order valence-corrected chi connectivity index (χ3v) is 4.74. The summed E-state index contributed by atoms with van der Waals surface area (Å²) in [5.41, 5.74) is 0.295. The molecule has 0 aromatic carbocycles. The van der Waals surface area contributed by atoms with Crippen LogP contribution in [0.25, 0.3) is 0 Å². The molecule has 2 aromatic rings. The van der Waals surface area contributed by atoms with Gasteiger partial charge in [-0.2, -0.15) is 0 Å². The molecule has 0 spiro atoms. The summed E-state index contributed by atoms with van der Waals surface area (Å²) in [6.45, 7) is 4.25. The lowest BCUT2D eigenvalue weighted by Gasteiger charge is -2.31. The van der Waals surface area contributed by atoms with Gasteiger partial charge in [0, 0.05) is 31.1 Å². The van der Waals surface area contributed by atoms with Gasteiger partial charge in [-0.3, -0.25) is 4.79 Å². The first-order valence-corrected chi connectivity index (χ1v) is 8.54. The van der Waals surface area contributed by atoms with Crippen LogP contribution in [0.4, 0.5) is 11.6 Å². The van der Waals surface area contributed by atoms with E-state index in [0.29, 0.717) is 17.4 Å². The molecule has 2 aliphatic rings.